The summed E-state index contributed by atoms with van der Waals surface area (Å²) in [6.07, 6.45) is 1.40. The van der Waals surface area contributed by atoms with Gasteiger partial charge in [-0.3, -0.25) is 14.9 Å². The fraction of sp³-hybridized carbons (Fsp3) is 0.0909. The molecule has 0 aliphatic heterocycles. The highest BCUT2D eigenvalue weighted by Gasteiger charge is 2.18. The lowest BCUT2D eigenvalue weighted by atomic mass is 10.2. The molecule has 0 aliphatic carbocycles. The van der Waals surface area contributed by atoms with E-state index in [4.69, 9.17) is 4.18 Å². The predicted molar refractivity (Wildman–Crippen MR) is 123 cm³/mol. The first-order chi connectivity index (χ1) is 15.7. The number of benzene rings is 3. The van der Waals surface area contributed by atoms with E-state index in [0.717, 1.165) is 30.0 Å². The number of carbonyl (C=O) groups excluding carboxylic acids is 1. The van der Waals surface area contributed by atoms with Crippen molar-refractivity contribution in [2.24, 2.45) is 5.10 Å². The third kappa shape index (κ3) is 6.14. The maximum absolute atomic E-state index is 12.3. The van der Waals surface area contributed by atoms with E-state index in [1.165, 1.54) is 18.3 Å². The molecule has 3 rings (SSSR count). The van der Waals surface area contributed by atoms with Crippen molar-refractivity contribution >= 4 is 33.6 Å². The first-order valence-corrected chi connectivity index (χ1v) is 11.0. The minimum Gasteiger partial charge on any atom is -0.379 e. The number of hydrogen-bond acceptors (Lipinski definition) is 8. The monoisotopic (exact) mass is 468 g/mol. The van der Waals surface area contributed by atoms with Crippen molar-refractivity contribution in [2.45, 2.75) is 4.90 Å². The third-order valence-corrected chi connectivity index (χ3v) is 5.71. The van der Waals surface area contributed by atoms with Gasteiger partial charge >= 0.3 is 10.1 Å². The van der Waals surface area contributed by atoms with Gasteiger partial charge in [0.2, 0.25) is 0 Å². The molecule has 3 aromatic rings. The van der Waals surface area contributed by atoms with Crippen LogP contribution in [0.1, 0.15) is 15.9 Å². The van der Waals surface area contributed by atoms with Crippen LogP contribution in [0.25, 0.3) is 0 Å². The number of rotatable bonds is 8. The van der Waals surface area contributed by atoms with Gasteiger partial charge in [-0.25, -0.2) is 5.43 Å². The van der Waals surface area contributed by atoms with Crippen LogP contribution in [0.4, 0.5) is 11.4 Å². The molecule has 0 spiro atoms. The van der Waals surface area contributed by atoms with E-state index in [0.29, 0.717) is 11.1 Å². The van der Waals surface area contributed by atoms with E-state index in [9.17, 15) is 23.3 Å². The molecule has 0 atom stereocenters. The van der Waals surface area contributed by atoms with Crippen molar-refractivity contribution in [3.63, 3.8) is 0 Å². The van der Waals surface area contributed by atoms with Gasteiger partial charge in [0, 0.05) is 37.5 Å². The van der Waals surface area contributed by atoms with Gasteiger partial charge in [0.1, 0.15) is 10.6 Å². The SMILES string of the molecule is CN(C)c1ccc(C(=O)N/N=C/c2ccc(OS(=O)(=O)c3ccc([N+](=O)[O-])cc3)cc2)cc1. The second kappa shape index (κ2) is 9.92. The Hall–Kier alpha value is -4.25. The highest BCUT2D eigenvalue weighted by atomic mass is 32.2. The second-order valence-corrected chi connectivity index (χ2v) is 8.54. The highest BCUT2D eigenvalue weighted by Crippen LogP contribution is 2.21. The molecule has 0 aromatic heterocycles. The molecule has 0 unspecified atom stereocenters. The zero-order chi connectivity index (χ0) is 24.0. The third-order valence-electron chi connectivity index (χ3n) is 4.45. The number of anilines is 1. The van der Waals surface area contributed by atoms with Gasteiger partial charge in [-0.1, -0.05) is 0 Å². The Labute approximate surface area is 190 Å². The molecule has 0 fully saturated rings. The van der Waals surface area contributed by atoms with E-state index >= 15 is 0 Å². The molecule has 170 valence electrons. The highest BCUT2D eigenvalue weighted by molar-refractivity contribution is 7.87. The van der Waals surface area contributed by atoms with Gasteiger partial charge in [-0.15, -0.1) is 0 Å². The lowest BCUT2D eigenvalue weighted by molar-refractivity contribution is -0.384. The van der Waals surface area contributed by atoms with Gasteiger partial charge in [-0.05, 0) is 66.2 Å². The Kier molecular flexibility index (Phi) is 7.04. The Balaban J connectivity index is 1.59. The molecule has 0 saturated heterocycles. The average Bonchev–Trinajstić information content (AvgIpc) is 2.80. The fourth-order valence-corrected chi connectivity index (χ4v) is 3.59. The van der Waals surface area contributed by atoms with Crippen LogP contribution in [0.15, 0.2) is 82.8 Å². The van der Waals surface area contributed by atoms with Crippen LogP contribution in [-0.2, 0) is 10.1 Å². The summed E-state index contributed by atoms with van der Waals surface area (Å²) in [5, 5.41) is 14.6. The molecular weight excluding hydrogens is 448 g/mol. The predicted octanol–water partition coefficient (Wildman–Crippen LogP) is 3.19. The summed E-state index contributed by atoms with van der Waals surface area (Å²) in [6.45, 7) is 0. The summed E-state index contributed by atoms with van der Waals surface area (Å²) in [7, 11) is -0.345. The Morgan fingerprint density at radius 1 is 1.00 bits per heavy atom. The number of hydrogen-bond donors (Lipinski definition) is 1. The fourth-order valence-electron chi connectivity index (χ4n) is 2.66. The van der Waals surface area contributed by atoms with Gasteiger partial charge in [0.25, 0.3) is 11.6 Å². The summed E-state index contributed by atoms with van der Waals surface area (Å²) in [6, 6.07) is 17.4. The van der Waals surface area contributed by atoms with Crippen molar-refractivity contribution < 1.29 is 22.3 Å². The number of amides is 1. The molecule has 11 heteroatoms. The van der Waals surface area contributed by atoms with Crippen LogP contribution in [0, 0.1) is 10.1 Å². The van der Waals surface area contributed by atoms with Gasteiger partial charge in [-0.2, -0.15) is 13.5 Å². The van der Waals surface area contributed by atoms with Crippen molar-refractivity contribution in [3.8, 4) is 5.75 Å². The van der Waals surface area contributed by atoms with Gasteiger partial charge in [0.05, 0.1) is 11.1 Å². The quantitative estimate of drug-likeness (QED) is 0.232. The molecule has 1 amide bonds. The number of nitro groups is 1. The largest absolute Gasteiger partial charge is 0.379 e. The number of hydrazone groups is 1. The van der Waals surface area contributed by atoms with Crippen LogP contribution in [-0.4, -0.2) is 39.6 Å². The Bertz CT molecular complexity index is 1270. The number of nitro benzene ring substituents is 1. The first kappa shape index (κ1) is 23.4. The Morgan fingerprint density at radius 3 is 2.15 bits per heavy atom. The van der Waals surface area contributed by atoms with Crippen molar-refractivity contribution in [2.75, 3.05) is 19.0 Å². The number of nitrogens with zero attached hydrogens (tertiary/aromatic N) is 3. The summed E-state index contributed by atoms with van der Waals surface area (Å²) < 4.78 is 29.7. The molecule has 0 radical (unpaired) electrons. The lowest BCUT2D eigenvalue weighted by Gasteiger charge is -2.12. The van der Waals surface area contributed by atoms with Gasteiger partial charge < -0.3 is 9.08 Å². The number of carbonyl (C=O) groups is 1. The molecule has 0 saturated carbocycles. The number of nitrogens with one attached hydrogen (secondary N) is 1. The number of non-ortho nitro benzene ring substituents is 1. The molecule has 0 heterocycles. The van der Waals surface area contributed by atoms with E-state index in [1.807, 2.05) is 31.1 Å². The van der Waals surface area contributed by atoms with Crippen LogP contribution in [0.2, 0.25) is 0 Å². The molecular formula is C22H20N4O6S. The van der Waals surface area contributed by atoms with E-state index < -0.39 is 15.0 Å². The topological polar surface area (TPSA) is 131 Å². The van der Waals surface area contributed by atoms with Crippen molar-refractivity contribution in [3.05, 3.63) is 94.0 Å². The Morgan fingerprint density at radius 2 is 1.61 bits per heavy atom. The van der Waals surface area contributed by atoms with Crippen LogP contribution in [0.3, 0.4) is 0 Å². The summed E-state index contributed by atoms with van der Waals surface area (Å²) in [5.74, 6) is -0.318. The summed E-state index contributed by atoms with van der Waals surface area (Å²) >= 11 is 0. The summed E-state index contributed by atoms with van der Waals surface area (Å²) in [5.41, 5.74) is 4.22. The smallest absolute Gasteiger partial charge is 0.339 e. The molecule has 10 nitrogen and oxygen atoms in total. The maximum atomic E-state index is 12.3. The second-order valence-electron chi connectivity index (χ2n) is 7.00. The molecule has 1 N–H and O–H groups in total. The minimum absolute atomic E-state index is 0.0514. The molecule has 0 bridgehead atoms. The summed E-state index contributed by atoms with van der Waals surface area (Å²) in [4.78, 5) is 23.9. The standard InChI is InChI=1S/C22H20N4O6S/c1-25(2)18-7-5-17(6-8-18)22(27)24-23-15-16-3-11-20(12-4-16)32-33(30,31)21-13-9-19(10-14-21)26(28)29/h3-15H,1-2H3,(H,24,27)/b23-15+. The van der Waals surface area contributed by atoms with Crippen molar-refractivity contribution in [1.29, 1.82) is 0 Å². The van der Waals surface area contributed by atoms with E-state index in [2.05, 4.69) is 10.5 Å². The molecule has 0 aliphatic rings. The van der Waals surface area contributed by atoms with Crippen LogP contribution in [0.5, 0.6) is 5.75 Å². The lowest BCUT2D eigenvalue weighted by Crippen LogP contribution is -2.18. The zero-order valence-corrected chi connectivity index (χ0v) is 18.5. The van der Waals surface area contributed by atoms with E-state index in [1.54, 1.807) is 24.3 Å². The van der Waals surface area contributed by atoms with Crippen molar-refractivity contribution in [1.82, 2.24) is 5.43 Å². The first-order valence-electron chi connectivity index (χ1n) is 9.55. The van der Waals surface area contributed by atoms with Gasteiger partial charge in [0.15, 0.2) is 0 Å². The molecule has 3 aromatic carbocycles. The maximum Gasteiger partial charge on any atom is 0.339 e. The van der Waals surface area contributed by atoms with Crippen LogP contribution >= 0.6 is 0 Å². The van der Waals surface area contributed by atoms with E-state index in [-0.39, 0.29) is 22.2 Å². The zero-order valence-electron chi connectivity index (χ0n) is 17.7. The average molecular weight is 468 g/mol. The normalized spacial score (nSPS) is 11.2. The minimum atomic E-state index is -4.15. The van der Waals surface area contributed by atoms with Crippen LogP contribution < -0.4 is 14.5 Å². The molecule has 33 heavy (non-hydrogen) atoms.